The minimum atomic E-state index is -0.759. The number of methoxy groups -OCH3 is 1. The van der Waals surface area contributed by atoms with Crippen molar-refractivity contribution in [1.29, 1.82) is 0 Å². The molecular formula is C13H20ClNO2S. The van der Waals surface area contributed by atoms with Gasteiger partial charge in [0, 0.05) is 39.4 Å². The van der Waals surface area contributed by atoms with Gasteiger partial charge in [0.2, 0.25) is 0 Å². The van der Waals surface area contributed by atoms with Crippen LogP contribution < -0.4 is 10.1 Å². The van der Waals surface area contributed by atoms with Crippen LogP contribution in [0.4, 0.5) is 0 Å². The molecule has 1 aromatic rings. The van der Waals surface area contributed by atoms with Crippen molar-refractivity contribution in [3.63, 3.8) is 0 Å². The fourth-order valence-electron chi connectivity index (χ4n) is 1.59. The topological polar surface area (TPSA) is 38.3 Å². The Morgan fingerprint density at radius 2 is 2.22 bits per heavy atom. The van der Waals surface area contributed by atoms with Gasteiger partial charge >= 0.3 is 0 Å². The molecule has 3 nitrogen and oxygen atoms in total. The lowest BCUT2D eigenvalue weighted by Crippen LogP contribution is -2.21. The van der Waals surface area contributed by atoms with Gasteiger partial charge in [-0.25, -0.2) is 0 Å². The number of nitrogens with one attached hydrogen (secondary N) is 1. The van der Waals surface area contributed by atoms with E-state index in [1.807, 2.05) is 25.1 Å². The summed E-state index contributed by atoms with van der Waals surface area (Å²) in [6, 6.07) is 5.62. The van der Waals surface area contributed by atoms with E-state index in [4.69, 9.17) is 16.3 Å². The predicted octanol–water partition coefficient (Wildman–Crippen LogP) is 2.60. The first-order valence-corrected chi connectivity index (χ1v) is 7.90. The third-order valence-electron chi connectivity index (χ3n) is 2.89. The van der Waals surface area contributed by atoms with Crippen LogP contribution in [0.5, 0.6) is 5.75 Å². The molecule has 2 atom stereocenters. The molecule has 1 rings (SSSR count). The van der Waals surface area contributed by atoms with Crippen LogP contribution in [0.15, 0.2) is 18.2 Å². The van der Waals surface area contributed by atoms with Crippen molar-refractivity contribution in [3.05, 3.63) is 28.8 Å². The van der Waals surface area contributed by atoms with E-state index in [0.29, 0.717) is 11.6 Å². The molecule has 1 aromatic carbocycles. The van der Waals surface area contributed by atoms with Crippen LogP contribution in [0.2, 0.25) is 5.02 Å². The van der Waals surface area contributed by atoms with Gasteiger partial charge in [-0.15, -0.1) is 0 Å². The lowest BCUT2D eigenvalue weighted by Gasteiger charge is -2.12. The lowest BCUT2D eigenvalue weighted by atomic mass is 10.2. The predicted molar refractivity (Wildman–Crippen MR) is 77.9 cm³/mol. The monoisotopic (exact) mass is 289 g/mol. The van der Waals surface area contributed by atoms with Crippen LogP contribution in [-0.2, 0) is 17.3 Å². The van der Waals surface area contributed by atoms with Crippen LogP contribution in [0, 0.1) is 0 Å². The first kappa shape index (κ1) is 15.5. The highest BCUT2D eigenvalue weighted by molar-refractivity contribution is 7.84. The molecule has 0 aromatic heterocycles. The summed E-state index contributed by atoms with van der Waals surface area (Å²) in [6.45, 7) is 3.47. The number of hydrogen-bond acceptors (Lipinski definition) is 3. The summed E-state index contributed by atoms with van der Waals surface area (Å²) in [5.74, 6) is 0.794. The Morgan fingerprint density at radius 1 is 1.50 bits per heavy atom. The summed E-state index contributed by atoms with van der Waals surface area (Å²) in [6.07, 6.45) is 2.62. The van der Waals surface area contributed by atoms with E-state index in [1.54, 1.807) is 13.4 Å². The molecule has 1 N–H and O–H groups in total. The van der Waals surface area contributed by atoms with Crippen LogP contribution in [-0.4, -0.2) is 29.4 Å². The van der Waals surface area contributed by atoms with E-state index >= 15 is 0 Å². The van der Waals surface area contributed by atoms with Crippen molar-refractivity contribution in [2.75, 3.05) is 19.9 Å². The summed E-state index contributed by atoms with van der Waals surface area (Å²) in [7, 11) is 0.877. The van der Waals surface area contributed by atoms with Crippen molar-refractivity contribution in [3.8, 4) is 5.75 Å². The summed E-state index contributed by atoms with van der Waals surface area (Å²) in [4.78, 5) is 0. The van der Waals surface area contributed by atoms with Gasteiger partial charge in [-0.1, -0.05) is 24.6 Å². The Morgan fingerprint density at radius 3 is 2.83 bits per heavy atom. The average Bonchev–Trinajstić information content (AvgIpc) is 2.35. The van der Waals surface area contributed by atoms with E-state index in [0.717, 1.165) is 24.3 Å². The molecule has 0 heterocycles. The molecule has 102 valence electrons. The Kier molecular flexibility index (Phi) is 6.68. The van der Waals surface area contributed by atoms with Gasteiger partial charge in [0.15, 0.2) is 0 Å². The number of hydrogen-bond donors (Lipinski definition) is 1. The molecular weight excluding hydrogens is 270 g/mol. The van der Waals surface area contributed by atoms with Crippen molar-refractivity contribution in [1.82, 2.24) is 5.32 Å². The summed E-state index contributed by atoms with van der Waals surface area (Å²) >= 11 is 6.13. The Labute approximate surface area is 116 Å². The number of benzene rings is 1. The van der Waals surface area contributed by atoms with Gasteiger partial charge in [0.25, 0.3) is 0 Å². The van der Waals surface area contributed by atoms with Crippen LogP contribution in [0.1, 0.15) is 18.9 Å². The number of ether oxygens (including phenoxy) is 1. The molecule has 0 bridgehead atoms. The first-order chi connectivity index (χ1) is 8.56. The molecule has 0 fully saturated rings. The highest BCUT2D eigenvalue weighted by Gasteiger charge is 2.08. The van der Waals surface area contributed by atoms with E-state index in [-0.39, 0.29) is 5.25 Å². The molecule has 0 saturated heterocycles. The van der Waals surface area contributed by atoms with Gasteiger partial charge in [-0.05, 0) is 25.1 Å². The molecule has 0 aliphatic carbocycles. The Bertz CT molecular complexity index is 412. The Balaban J connectivity index is 2.46. The molecule has 0 spiro atoms. The standard InChI is InChI=1S/C13H20ClNO2S/c1-10(18(3)16)7-8-15-9-11-12(14)5-4-6-13(11)17-2/h4-6,10,15H,7-9H2,1-3H3. The van der Waals surface area contributed by atoms with Crippen molar-refractivity contribution < 1.29 is 8.95 Å². The van der Waals surface area contributed by atoms with Crippen molar-refractivity contribution in [2.45, 2.75) is 25.1 Å². The van der Waals surface area contributed by atoms with Crippen molar-refractivity contribution >= 4 is 22.4 Å². The molecule has 0 aliphatic heterocycles. The van der Waals surface area contributed by atoms with E-state index in [2.05, 4.69) is 5.32 Å². The molecule has 2 unspecified atom stereocenters. The highest BCUT2D eigenvalue weighted by atomic mass is 35.5. The van der Waals surface area contributed by atoms with E-state index < -0.39 is 10.8 Å². The van der Waals surface area contributed by atoms with Gasteiger partial charge in [-0.3, -0.25) is 4.21 Å². The maximum absolute atomic E-state index is 11.2. The molecule has 0 radical (unpaired) electrons. The van der Waals surface area contributed by atoms with Gasteiger partial charge in [0.1, 0.15) is 5.75 Å². The van der Waals surface area contributed by atoms with Crippen LogP contribution in [0.3, 0.4) is 0 Å². The minimum Gasteiger partial charge on any atom is -0.496 e. The fraction of sp³-hybridized carbons (Fsp3) is 0.538. The van der Waals surface area contributed by atoms with Gasteiger partial charge in [0.05, 0.1) is 7.11 Å². The zero-order chi connectivity index (χ0) is 13.5. The minimum absolute atomic E-state index is 0.214. The zero-order valence-corrected chi connectivity index (χ0v) is 12.6. The second kappa shape index (κ2) is 7.77. The third kappa shape index (κ3) is 4.59. The summed E-state index contributed by atoms with van der Waals surface area (Å²) in [5.41, 5.74) is 0.965. The van der Waals surface area contributed by atoms with E-state index in [1.165, 1.54) is 0 Å². The summed E-state index contributed by atoms with van der Waals surface area (Å²) in [5, 5.41) is 4.22. The van der Waals surface area contributed by atoms with E-state index in [9.17, 15) is 4.21 Å². The molecule has 0 aliphatic rings. The fourth-order valence-corrected chi connectivity index (χ4v) is 2.27. The second-order valence-electron chi connectivity index (χ2n) is 4.20. The number of rotatable bonds is 7. The summed E-state index contributed by atoms with van der Waals surface area (Å²) < 4.78 is 16.5. The SMILES string of the molecule is COc1cccc(Cl)c1CNCCC(C)S(C)=O. The quantitative estimate of drug-likeness (QED) is 0.784. The van der Waals surface area contributed by atoms with Crippen LogP contribution >= 0.6 is 11.6 Å². The normalized spacial score (nSPS) is 14.2. The maximum Gasteiger partial charge on any atom is 0.124 e. The largest absolute Gasteiger partial charge is 0.496 e. The lowest BCUT2D eigenvalue weighted by molar-refractivity contribution is 0.407. The smallest absolute Gasteiger partial charge is 0.124 e. The Hall–Kier alpha value is -0.580. The molecule has 18 heavy (non-hydrogen) atoms. The average molecular weight is 290 g/mol. The first-order valence-electron chi connectivity index (χ1n) is 5.90. The van der Waals surface area contributed by atoms with Crippen LogP contribution in [0.25, 0.3) is 0 Å². The second-order valence-corrected chi connectivity index (χ2v) is 6.40. The van der Waals surface area contributed by atoms with Crippen molar-refractivity contribution in [2.24, 2.45) is 0 Å². The van der Waals surface area contributed by atoms with Gasteiger partial charge in [-0.2, -0.15) is 0 Å². The molecule has 0 saturated carbocycles. The maximum atomic E-state index is 11.2. The number of halogens is 1. The van der Waals surface area contributed by atoms with Gasteiger partial charge < -0.3 is 10.1 Å². The third-order valence-corrected chi connectivity index (χ3v) is 4.61. The molecule has 5 heteroatoms. The molecule has 0 amide bonds. The zero-order valence-electron chi connectivity index (χ0n) is 11.0. The highest BCUT2D eigenvalue weighted by Crippen LogP contribution is 2.25.